The first-order valence-electron chi connectivity index (χ1n) is 9.19. The second-order valence-electron chi connectivity index (χ2n) is 6.61. The van der Waals surface area contributed by atoms with Crippen LogP contribution in [-0.4, -0.2) is 31.9 Å². The van der Waals surface area contributed by atoms with Gasteiger partial charge in [-0.15, -0.1) is 0 Å². The Morgan fingerprint density at radius 3 is 2.34 bits per heavy atom. The topological polar surface area (TPSA) is 110 Å². The standard InChI is InChI=1S/C22H17Cl2NO6S/c23-15-6-8-17(19(24)10-15)21(27)13-31-22(28)18-11-16(7-9-20(18)26)32(29,30)25-12-14-4-2-1-3-5-14/h1-11,25-26H,12-13H2. The third-order valence-corrected chi connectivity index (χ3v) is 6.32. The Bertz CT molecular complexity index is 1260. The predicted octanol–water partition coefficient (Wildman–Crippen LogP) is 4.22. The van der Waals surface area contributed by atoms with E-state index in [-0.39, 0.29) is 22.0 Å². The number of halogens is 2. The molecule has 32 heavy (non-hydrogen) atoms. The van der Waals surface area contributed by atoms with Crippen LogP contribution in [0.15, 0.2) is 71.6 Å². The van der Waals surface area contributed by atoms with Crippen molar-refractivity contribution in [1.82, 2.24) is 4.72 Å². The van der Waals surface area contributed by atoms with E-state index >= 15 is 0 Å². The highest BCUT2D eigenvalue weighted by Gasteiger charge is 2.21. The van der Waals surface area contributed by atoms with Crippen LogP contribution in [0.1, 0.15) is 26.3 Å². The smallest absolute Gasteiger partial charge is 0.342 e. The number of carbonyl (C=O) groups is 2. The molecule has 0 atom stereocenters. The maximum atomic E-state index is 12.6. The lowest BCUT2D eigenvalue weighted by molar-refractivity contribution is 0.0471. The molecule has 0 heterocycles. The van der Waals surface area contributed by atoms with E-state index in [9.17, 15) is 23.1 Å². The van der Waals surface area contributed by atoms with Gasteiger partial charge in [0.1, 0.15) is 11.3 Å². The van der Waals surface area contributed by atoms with Crippen molar-refractivity contribution >= 4 is 45.0 Å². The summed E-state index contributed by atoms with van der Waals surface area (Å²) in [6.07, 6.45) is 0. The summed E-state index contributed by atoms with van der Waals surface area (Å²) in [5, 5.41) is 10.4. The zero-order valence-electron chi connectivity index (χ0n) is 16.4. The average Bonchev–Trinajstić information content (AvgIpc) is 2.77. The summed E-state index contributed by atoms with van der Waals surface area (Å²) < 4.78 is 32.5. The zero-order chi connectivity index (χ0) is 23.3. The number of ether oxygens (including phenoxy) is 1. The molecule has 0 amide bonds. The number of rotatable bonds is 8. The van der Waals surface area contributed by atoms with Gasteiger partial charge in [-0.3, -0.25) is 4.79 Å². The molecule has 0 aliphatic heterocycles. The van der Waals surface area contributed by atoms with Crippen molar-refractivity contribution in [1.29, 1.82) is 0 Å². The van der Waals surface area contributed by atoms with Crippen LogP contribution < -0.4 is 4.72 Å². The van der Waals surface area contributed by atoms with Crippen molar-refractivity contribution in [2.45, 2.75) is 11.4 Å². The molecule has 0 aliphatic rings. The summed E-state index contributed by atoms with van der Waals surface area (Å²) in [6, 6.07) is 16.3. The molecule has 0 saturated heterocycles. The molecule has 10 heteroatoms. The van der Waals surface area contributed by atoms with Crippen molar-refractivity contribution in [3.05, 3.63) is 93.5 Å². The molecule has 0 saturated carbocycles. The van der Waals surface area contributed by atoms with Gasteiger partial charge in [-0.1, -0.05) is 53.5 Å². The van der Waals surface area contributed by atoms with Gasteiger partial charge in [-0.05, 0) is 42.0 Å². The van der Waals surface area contributed by atoms with Gasteiger partial charge in [-0.2, -0.15) is 0 Å². The van der Waals surface area contributed by atoms with Gasteiger partial charge in [0.25, 0.3) is 0 Å². The van der Waals surface area contributed by atoms with Crippen LogP contribution in [0, 0.1) is 0 Å². The Morgan fingerprint density at radius 2 is 1.66 bits per heavy atom. The predicted molar refractivity (Wildman–Crippen MR) is 120 cm³/mol. The Hall–Kier alpha value is -2.91. The van der Waals surface area contributed by atoms with E-state index in [1.165, 1.54) is 18.2 Å². The molecule has 2 N–H and O–H groups in total. The number of hydrogen-bond donors (Lipinski definition) is 2. The Kier molecular flexibility index (Phi) is 7.52. The molecule has 7 nitrogen and oxygen atoms in total. The van der Waals surface area contributed by atoms with Crippen LogP contribution in [0.2, 0.25) is 10.0 Å². The summed E-state index contributed by atoms with van der Waals surface area (Å²) in [6.45, 7) is -0.622. The summed E-state index contributed by atoms with van der Waals surface area (Å²) >= 11 is 11.8. The first-order chi connectivity index (χ1) is 15.2. The van der Waals surface area contributed by atoms with Gasteiger partial charge < -0.3 is 9.84 Å². The quantitative estimate of drug-likeness (QED) is 0.359. The van der Waals surface area contributed by atoms with Gasteiger partial charge >= 0.3 is 5.97 Å². The molecule has 0 aromatic heterocycles. The van der Waals surface area contributed by atoms with Crippen LogP contribution in [0.3, 0.4) is 0 Å². The lowest BCUT2D eigenvalue weighted by atomic mass is 10.1. The third kappa shape index (κ3) is 5.86. The molecular weight excluding hydrogens is 477 g/mol. The molecule has 3 rings (SSSR count). The number of phenolic OH excluding ortho intramolecular Hbond substituents is 1. The van der Waals surface area contributed by atoms with Gasteiger partial charge in [0.2, 0.25) is 15.8 Å². The zero-order valence-corrected chi connectivity index (χ0v) is 18.7. The Balaban J connectivity index is 1.71. The number of nitrogens with one attached hydrogen (secondary N) is 1. The van der Waals surface area contributed by atoms with Crippen LogP contribution in [0.4, 0.5) is 0 Å². The number of Topliss-reactive ketones (excluding diaryl/α,β-unsaturated/α-hetero) is 1. The summed E-state index contributed by atoms with van der Waals surface area (Å²) in [4.78, 5) is 24.4. The maximum Gasteiger partial charge on any atom is 0.342 e. The van der Waals surface area contributed by atoms with E-state index in [1.807, 2.05) is 6.07 Å². The summed E-state index contributed by atoms with van der Waals surface area (Å²) in [7, 11) is -3.98. The number of carbonyl (C=O) groups excluding carboxylic acids is 2. The first kappa shape index (κ1) is 23.7. The van der Waals surface area contributed by atoms with E-state index in [0.717, 1.165) is 23.8 Å². The average molecular weight is 494 g/mol. The second-order valence-corrected chi connectivity index (χ2v) is 9.22. The van der Waals surface area contributed by atoms with E-state index in [0.29, 0.717) is 5.02 Å². The van der Waals surface area contributed by atoms with Gasteiger partial charge in [0.05, 0.1) is 9.92 Å². The van der Waals surface area contributed by atoms with Crippen molar-refractivity contribution in [3.63, 3.8) is 0 Å². The van der Waals surface area contributed by atoms with Crippen LogP contribution in [-0.2, 0) is 21.3 Å². The largest absolute Gasteiger partial charge is 0.507 e. The number of hydrogen-bond acceptors (Lipinski definition) is 6. The van der Waals surface area contributed by atoms with Gasteiger partial charge in [0.15, 0.2) is 6.61 Å². The molecular formula is C22H17Cl2NO6S. The van der Waals surface area contributed by atoms with Crippen molar-refractivity contribution < 1.29 is 27.9 Å². The van der Waals surface area contributed by atoms with Gasteiger partial charge in [0, 0.05) is 17.1 Å². The molecule has 0 unspecified atom stereocenters. The van der Waals surface area contributed by atoms with Crippen molar-refractivity contribution in [2.75, 3.05) is 6.61 Å². The highest BCUT2D eigenvalue weighted by molar-refractivity contribution is 7.89. The minimum atomic E-state index is -3.98. The Morgan fingerprint density at radius 1 is 0.938 bits per heavy atom. The third-order valence-electron chi connectivity index (χ3n) is 4.37. The molecule has 3 aromatic carbocycles. The lowest BCUT2D eigenvalue weighted by Gasteiger charge is -2.10. The summed E-state index contributed by atoms with van der Waals surface area (Å²) in [5.74, 6) is -2.15. The van der Waals surface area contributed by atoms with Gasteiger partial charge in [-0.25, -0.2) is 17.9 Å². The number of ketones is 1. The highest BCUT2D eigenvalue weighted by atomic mass is 35.5. The molecule has 0 spiro atoms. The van der Waals surface area contributed by atoms with Crippen LogP contribution in [0.5, 0.6) is 5.75 Å². The normalized spacial score (nSPS) is 11.2. The van der Waals surface area contributed by atoms with E-state index in [2.05, 4.69) is 4.72 Å². The van der Waals surface area contributed by atoms with Crippen LogP contribution >= 0.6 is 23.2 Å². The number of benzene rings is 3. The Labute approximate surface area is 194 Å². The fourth-order valence-electron chi connectivity index (χ4n) is 2.71. The second kappa shape index (κ2) is 10.1. The fourth-order valence-corrected chi connectivity index (χ4v) is 4.26. The van der Waals surface area contributed by atoms with E-state index in [4.69, 9.17) is 27.9 Å². The fraction of sp³-hybridized carbons (Fsp3) is 0.0909. The molecule has 0 fully saturated rings. The van der Waals surface area contributed by atoms with E-state index in [1.54, 1.807) is 24.3 Å². The van der Waals surface area contributed by atoms with Crippen molar-refractivity contribution in [3.8, 4) is 5.75 Å². The summed E-state index contributed by atoms with van der Waals surface area (Å²) in [5.41, 5.74) is 0.450. The number of esters is 1. The number of phenols is 1. The lowest BCUT2D eigenvalue weighted by Crippen LogP contribution is -2.23. The first-order valence-corrected chi connectivity index (χ1v) is 11.4. The molecule has 0 radical (unpaired) electrons. The molecule has 3 aromatic rings. The van der Waals surface area contributed by atoms with Crippen molar-refractivity contribution in [2.24, 2.45) is 0 Å². The maximum absolute atomic E-state index is 12.6. The minimum absolute atomic E-state index is 0.0418. The highest BCUT2D eigenvalue weighted by Crippen LogP contribution is 2.24. The monoisotopic (exact) mass is 493 g/mol. The number of sulfonamides is 1. The molecule has 0 bridgehead atoms. The number of aromatic hydroxyl groups is 1. The SMILES string of the molecule is O=C(OCC(=O)c1ccc(Cl)cc1Cl)c1cc(S(=O)(=O)NCc2ccccc2)ccc1O. The van der Waals surface area contributed by atoms with E-state index < -0.39 is 39.7 Å². The molecule has 166 valence electrons. The molecule has 0 aliphatic carbocycles. The minimum Gasteiger partial charge on any atom is -0.507 e. The van der Waals surface area contributed by atoms with Crippen LogP contribution in [0.25, 0.3) is 0 Å².